The van der Waals surface area contributed by atoms with Crippen LogP contribution in [0, 0.1) is 20.8 Å². The van der Waals surface area contributed by atoms with Gasteiger partial charge in [-0.1, -0.05) is 47.2 Å². The summed E-state index contributed by atoms with van der Waals surface area (Å²) >= 11 is 1.76. The van der Waals surface area contributed by atoms with Crippen LogP contribution < -0.4 is 4.90 Å². The Morgan fingerprint density at radius 2 is 1.81 bits per heavy atom. The first kappa shape index (κ1) is 18.0. The van der Waals surface area contributed by atoms with Crippen LogP contribution in [0.2, 0.25) is 0 Å². The van der Waals surface area contributed by atoms with Gasteiger partial charge in [0.25, 0.3) is 0 Å². The third-order valence-corrected chi connectivity index (χ3v) is 6.22. The van der Waals surface area contributed by atoms with E-state index in [1.165, 1.54) is 21.4 Å². The number of aromatic nitrogens is 1. The van der Waals surface area contributed by atoms with Crippen molar-refractivity contribution in [1.29, 1.82) is 0 Å². The van der Waals surface area contributed by atoms with Crippen molar-refractivity contribution < 1.29 is 4.79 Å². The van der Waals surface area contributed by atoms with E-state index in [1.54, 1.807) is 11.3 Å². The maximum Gasteiger partial charge on any atom is 0.227 e. The van der Waals surface area contributed by atoms with Gasteiger partial charge < -0.3 is 9.80 Å². The lowest BCUT2D eigenvalue weighted by molar-refractivity contribution is -0.130. The van der Waals surface area contributed by atoms with Gasteiger partial charge in [-0.3, -0.25) is 4.79 Å². The highest BCUT2D eigenvalue weighted by Gasteiger charge is 2.23. The highest BCUT2D eigenvalue weighted by molar-refractivity contribution is 7.22. The summed E-state index contributed by atoms with van der Waals surface area (Å²) in [6.07, 6.45) is 0.487. The molecule has 1 amide bonds. The molecule has 27 heavy (non-hydrogen) atoms. The van der Waals surface area contributed by atoms with Gasteiger partial charge in [0, 0.05) is 26.2 Å². The van der Waals surface area contributed by atoms with E-state index in [-0.39, 0.29) is 5.91 Å². The Morgan fingerprint density at radius 1 is 1.04 bits per heavy atom. The number of thiazole rings is 1. The van der Waals surface area contributed by atoms with E-state index in [4.69, 9.17) is 4.98 Å². The molecule has 0 atom stereocenters. The number of anilines is 1. The van der Waals surface area contributed by atoms with E-state index in [2.05, 4.69) is 49.9 Å². The van der Waals surface area contributed by atoms with Crippen molar-refractivity contribution in [2.24, 2.45) is 0 Å². The van der Waals surface area contributed by atoms with E-state index in [0.717, 1.165) is 42.4 Å². The van der Waals surface area contributed by atoms with Crippen LogP contribution in [0.1, 0.15) is 22.3 Å². The number of benzene rings is 2. The molecule has 3 aromatic rings. The Labute approximate surface area is 164 Å². The van der Waals surface area contributed by atoms with Crippen molar-refractivity contribution in [2.75, 3.05) is 31.1 Å². The Balaban J connectivity index is 1.41. The van der Waals surface area contributed by atoms with Crippen molar-refractivity contribution in [3.8, 4) is 0 Å². The van der Waals surface area contributed by atoms with Crippen molar-refractivity contribution in [2.45, 2.75) is 27.2 Å². The topological polar surface area (TPSA) is 36.4 Å². The number of carbonyl (C=O) groups excluding carboxylic acids is 1. The predicted molar refractivity (Wildman–Crippen MR) is 113 cm³/mol. The minimum absolute atomic E-state index is 0.219. The summed E-state index contributed by atoms with van der Waals surface area (Å²) in [7, 11) is 0. The molecule has 5 heteroatoms. The fraction of sp³-hybridized carbons (Fsp3) is 0.364. The molecule has 0 aliphatic carbocycles. The molecule has 0 radical (unpaired) electrons. The summed E-state index contributed by atoms with van der Waals surface area (Å²) in [6.45, 7) is 9.53. The van der Waals surface area contributed by atoms with Crippen molar-refractivity contribution >= 4 is 32.6 Å². The first-order chi connectivity index (χ1) is 13.0. The van der Waals surface area contributed by atoms with E-state index in [0.29, 0.717) is 6.42 Å². The summed E-state index contributed by atoms with van der Waals surface area (Å²) in [4.78, 5) is 21.8. The fourth-order valence-electron chi connectivity index (χ4n) is 3.75. The van der Waals surface area contributed by atoms with Gasteiger partial charge in [-0.2, -0.15) is 0 Å². The zero-order chi connectivity index (χ0) is 19.0. The number of amides is 1. The van der Waals surface area contributed by atoms with Crippen molar-refractivity contribution in [1.82, 2.24) is 9.88 Å². The van der Waals surface area contributed by atoms with Crippen LogP contribution in [-0.4, -0.2) is 42.0 Å². The molecule has 0 bridgehead atoms. The lowest BCUT2D eigenvalue weighted by Gasteiger charge is -2.34. The summed E-state index contributed by atoms with van der Waals surface area (Å²) in [5, 5.41) is 1.07. The number of aryl methyl sites for hydroxylation is 3. The Hall–Kier alpha value is -2.40. The molecule has 4 rings (SSSR count). The molecule has 0 unspecified atom stereocenters. The molecule has 140 valence electrons. The van der Waals surface area contributed by atoms with Crippen LogP contribution in [-0.2, 0) is 11.2 Å². The largest absolute Gasteiger partial charge is 0.345 e. The highest BCUT2D eigenvalue weighted by atomic mass is 32.1. The molecule has 1 aliphatic rings. The zero-order valence-corrected chi connectivity index (χ0v) is 17.0. The molecule has 0 saturated carbocycles. The van der Waals surface area contributed by atoms with Crippen LogP contribution in [0.3, 0.4) is 0 Å². The second-order valence-corrected chi connectivity index (χ2v) is 8.47. The number of hydrogen-bond donors (Lipinski definition) is 0. The van der Waals surface area contributed by atoms with Gasteiger partial charge in [-0.25, -0.2) is 4.98 Å². The molecule has 1 aromatic heterocycles. The van der Waals surface area contributed by atoms with E-state index in [1.807, 2.05) is 17.0 Å². The normalized spacial score (nSPS) is 14.8. The van der Waals surface area contributed by atoms with Crippen molar-refractivity contribution in [3.63, 3.8) is 0 Å². The monoisotopic (exact) mass is 379 g/mol. The maximum absolute atomic E-state index is 12.6. The van der Waals surface area contributed by atoms with E-state index >= 15 is 0 Å². The molecule has 0 N–H and O–H groups in total. The van der Waals surface area contributed by atoms with E-state index < -0.39 is 0 Å². The Bertz CT molecular complexity index is 986. The molecular formula is C22H25N3OS. The average molecular weight is 380 g/mol. The van der Waals surface area contributed by atoms with Gasteiger partial charge >= 0.3 is 0 Å². The zero-order valence-electron chi connectivity index (χ0n) is 16.2. The van der Waals surface area contributed by atoms with Crippen LogP contribution in [0.25, 0.3) is 10.2 Å². The van der Waals surface area contributed by atoms with Gasteiger partial charge in [0.2, 0.25) is 5.91 Å². The quantitative estimate of drug-likeness (QED) is 0.687. The van der Waals surface area contributed by atoms with Gasteiger partial charge in [0.15, 0.2) is 5.13 Å². The van der Waals surface area contributed by atoms with E-state index in [9.17, 15) is 4.79 Å². The van der Waals surface area contributed by atoms with Crippen molar-refractivity contribution in [3.05, 3.63) is 58.7 Å². The standard InChI is InChI=1S/C22H25N3OS/c1-15-5-4-6-18(12-15)14-20(26)24-7-9-25(10-8-24)22-23-21-17(3)11-16(2)13-19(21)27-22/h4-6,11-13H,7-10,14H2,1-3H3. The lowest BCUT2D eigenvalue weighted by atomic mass is 10.1. The third-order valence-electron chi connectivity index (χ3n) is 5.16. The summed E-state index contributed by atoms with van der Waals surface area (Å²) in [5.74, 6) is 0.219. The smallest absolute Gasteiger partial charge is 0.227 e. The number of carbonyl (C=O) groups is 1. The predicted octanol–water partition coefficient (Wildman–Crippen LogP) is 4.11. The highest BCUT2D eigenvalue weighted by Crippen LogP contribution is 2.32. The first-order valence-electron chi connectivity index (χ1n) is 9.45. The molecule has 2 aromatic carbocycles. The fourth-order valence-corrected chi connectivity index (χ4v) is 4.94. The first-order valence-corrected chi connectivity index (χ1v) is 10.3. The van der Waals surface area contributed by atoms with Crippen LogP contribution in [0.4, 0.5) is 5.13 Å². The summed E-state index contributed by atoms with van der Waals surface area (Å²) < 4.78 is 1.25. The van der Waals surface area contributed by atoms with Gasteiger partial charge in [0.05, 0.1) is 16.6 Å². The molecule has 2 heterocycles. The SMILES string of the molecule is Cc1cccc(CC(=O)N2CCN(c3nc4c(C)cc(C)cc4s3)CC2)c1. The number of piperazine rings is 1. The minimum atomic E-state index is 0.219. The molecule has 4 nitrogen and oxygen atoms in total. The minimum Gasteiger partial charge on any atom is -0.345 e. The van der Waals surface area contributed by atoms with Crippen LogP contribution in [0.15, 0.2) is 36.4 Å². The molecule has 0 spiro atoms. The Kier molecular flexibility index (Phi) is 4.87. The average Bonchev–Trinajstić information content (AvgIpc) is 3.06. The summed E-state index contributed by atoms with van der Waals surface area (Å²) in [6, 6.07) is 12.6. The third kappa shape index (κ3) is 3.83. The van der Waals surface area contributed by atoms with Gasteiger partial charge in [0.1, 0.15) is 0 Å². The number of hydrogen-bond acceptors (Lipinski definition) is 4. The van der Waals surface area contributed by atoms with Gasteiger partial charge in [-0.05, 0) is 43.5 Å². The van der Waals surface area contributed by atoms with Crippen LogP contribution >= 0.6 is 11.3 Å². The molecule has 1 fully saturated rings. The second-order valence-electron chi connectivity index (χ2n) is 7.46. The Morgan fingerprint density at radius 3 is 2.56 bits per heavy atom. The number of nitrogens with zero attached hydrogens (tertiary/aromatic N) is 3. The maximum atomic E-state index is 12.6. The van der Waals surface area contributed by atoms with Gasteiger partial charge in [-0.15, -0.1) is 0 Å². The molecule has 1 saturated heterocycles. The summed E-state index contributed by atoms with van der Waals surface area (Å²) in [5.41, 5.74) is 5.92. The molecule has 1 aliphatic heterocycles. The van der Waals surface area contributed by atoms with Crippen LogP contribution in [0.5, 0.6) is 0 Å². The second kappa shape index (κ2) is 7.31. The number of rotatable bonds is 3. The lowest BCUT2D eigenvalue weighted by Crippen LogP contribution is -2.49. The number of fused-ring (bicyclic) bond motifs is 1. The molecular weight excluding hydrogens is 354 g/mol.